The molecule has 6 heterocycles. The zero-order valence-electron chi connectivity index (χ0n) is 16.0. The van der Waals surface area contributed by atoms with Gasteiger partial charge < -0.3 is 19.4 Å². The van der Waals surface area contributed by atoms with Gasteiger partial charge in [0, 0.05) is 30.8 Å². The summed E-state index contributed by atoms with van der Waals surface area (Å²) in [5.41, 5.74) is 1.56. The minimum Gasteiger partial charge on any atom is -0.454 e. The Kier molecular flexibility index (Phi) is 3.74. The van der Waals surface area contributed by atoms with Crippen molar-refractivity contribution in [1.82, 2.24) is 14.8 Å². The summed E-state index contributed by atoms with van der Waals surface area (Å²) >= 11 is 0. The Hall–Kier alpha value is -2.80. The third-order valence-electron chi connectivity index (χ3n) is 7.11. The lowest BCUT2D eigenvalue weighted by Crippen LogP contribution is -2.60. The lowest BCUT2D eigenvalue weighted by atomic mass is 9.75. The third kappa shape index (κ3) is 2.60. The predicted molar refractivity (Wildman–Crippen MR) is 105 cm³/mol. The third-order valence-corrected chi connectivity index (χ3v) is 7.11. The largest absolute Gasteiger partial charge is 0.454 e. The maximum Gasteiger partial charge on any atom is 0.255 e. The van der Waals surface area contributed by atoms with Crippen molar-refractivity contribution in [3.8, 4) is 11.5 Å². The molecule has 0 aliphatic carbocycles. The van der Waals surface area contributed by atoms with Crippen LogP contribution in [0.1, 0.15) is 34.7 Å². The fourth-order valence-corrected chi connectivity index (χ4v) is 5.80. The lowest BCUT2D eigenvalue weighted by molar-refractivity contribution is -0.00342. The average molecular weight is 393 g/mol. The fraction of sp³-hybridized carbons (Fsp3) is 0.455. The molecule has 0 radical (unpaired) electrons. The number of H-pyrrole nitrogens is 1. The second-order valence-electron chi connectivity index (χ2n) is 8.47. The van der Waals surface area contributed by atoms with Crippen LogP contribution in [-0.4, -0.2) is 59.2 Å². The minimum absolute atomic E-state index is 0.00763. The summed E-state index contributed by atoms with van der Waals surface area (Å²) in [4.78, 5) is 32.1. The second kappa shape index (κ2) is 6.35. The van der Waals surface area contributed by atoms with Crippen molar-refractivity contribution in [2.45, 2.75) is 30.8 Å². The molecule has 1 aromatic carbocycles. The molecular weight excluding hydrogens is 370 g/mol. The van der Waals surface area contributed by atoms with E-state index in [1.54, 1.807) is 6.07 Å². The van der Waals surface area contributed by atoms with Crippen LogP contribution in [0.15, 0.2) is 41.3 Å². The number of likely N-dealkylation sites (tertiary alicyclic amines) is 1. The van der Waals surface area contributed by atoms with E-state index >= 15 is 0 Å². The quantitative estimate of drug-likeness (QED) is 0.842. The lowest BCUT2D eigenvalue weighted by Gasteiger charge is -2.51. The smallest absolute Gasteiger partial charge is 0.255 e. The number of piperidine rings is 3. The SMILES string of the molecule is O=C(c1ccc(=O)[nH]c1)N1C[C@H](c2ccc3c(c2)OCO3)[C@H]2[C@@H]1C1CCN2CC1. The molecule has 7 heteroatoms. The molecule has 0 saturated carbocycles. The molecule has 3 atom stereocenters. The maximum atomic E-state index is 13.4. The van der Waals surface area contributed by atoms with Crippen molar-refractivity contribution in [2.24, 2.45) is 5.92 Å². The first-order valence-corrected chi connectivity index (χ1v) is 10.3. The molecule has 4 fully saturated rings. The van der Waals surface area contributed by atoms with Crippen LogP contribution in [0, 0.1) is 5.92 Å². The molecule has 0 spiro atoms. The van der Waals surface area contributed by atoms with Crippen LogP contribution in [-0.2, 0) is 0 Å². The fourth-order valence-electron chi connectivity index (χ4n) is 5.80. The van der Waals surface area contributed by atoms with E-state index in [0.29, 0.717) is 24.1 Å². The first kappa shape index (κ1) is 17.1. The molecule has 0 unspecified atom stereocenters. The first-order valence-electron chi connectivity index (χ1n) is 10.3. The predicted octanol–water partition coefficient (Wildman–Crippen LogP) is 1.81. The number of carbonyl (C=O) groups is 1. The molecule has 1 amide bonds. The van der Waals surface area contributed by atoms with Crippen LogP contribution in [0.2, 0.25) is 0 Å². The van der Waals surface area contributed by atoms with E-state index in [1.165, 1.54) is 17.8 Å². The summed E-state index contributed by atoms with van der Waals surface area (Å²) < 4.78 is 11.1. The van der Waals surface area contributed by atoms with Gasteiger partial charge in [-0.1, -0.05) is 6.07 Å². The molecule has 4 saturated heterocycles. The number of nitrogens with zero attached hydrogens (tertiary/aromatic N) is 2. The number of benzene rings is 1. The van der Waals surface area contributed by atoms with Gasteiger partial charge in [0.2, 0.25) is 12.4 Å². The Morgan fingerprint density at radius 2 is 1.86 bits per heavy atom. The van der Waals surface area contributed by atoms with Gasteiger partial charge in [-0.15, -0.1) is 0 Å². The highest BCUT2D eigenvalue weighted by Crippen LogP contribution is 2.48. The zero-order valence-corrected chi connectivity index (χ0v) is 16.0. The normalized spacial score (nSPS) is 31.7. The summed E-state index contributed by atoms with van der Waals surface area (Å²) in [6.07, 6.45) is 3.82. The molecule has 29 heavy (non-hydrogen) atoms. The van der Waals surface area contributed by atoms with E-state index in [2.05, 4.69) is 26.9 Å². The zero-order chi connectivity index (χ0) is 19.5. The molecule has 5 aliphatic rings. The highest BCUT2D eigenvalue weighted by Gasteiger charge is 2.54. The van der Waals surface area contributed by atoms with Crippen LogP contribution in [0.3, 0.4) is 0 Å². The number of fused-ring (bicyclic) bond motifs is 3. The number of aromatic amines is 1. The van der Waals surface area contributed by atoms with Crippen LogP contribution < -0.4 is 15.0 Å². The highest BCUT2D eigenvalue weighted by molar-refractivity contribution is 5.94. The number of hydrogen-bond donors (Lipinski definition) is 1. The van der Waals surface area contributed by atoms with E-state index in [9.17, 15) is 9.59 Å². The van der Waals surface area contributed by atoms with Crippen LogP contribution >= 0.6 is 0 Å². The topological polar surface area (TPSA) is 74.9 Å². The Labute approximate surface area is 168 Å². The second-order valence-corrected chi connectivity index (χ2v) is 8.47. The molecule has 1 aromatic heterocycles. The monoisotopic (exact) mass is 393 g/mol. The van der Waals surface area contributed by atoms with Crippen molar-refractivity contribution >= 4 is 5.91 Å². The summed E-state index contributed by atoms with van der Waals surface area (Å²) in [5, 5.41) is 0. The van der Waals surface area contributed by atoms with Gasteiger partial charge in [0.15, 0.2) is 11.5 Å². The van der Waals surface area contributed by atoms with Gasteiger partial charge in [-0.25, -0.2) is 0 Å². The van der Waals surface area contributed by atoms with Gasteiger partial charge in [-0.05, 0) is 55.6 Å². The standard InChI is InChI=1S/C22H23N3O4/c26-19-4-2-15(10-23-19)22(27)25-11-16(14-1-3-17-18(9-14)29-12-28-17)21-20(25)13-5-7-24(21)8-6-13/h1-4,9-10,13,16,20-21H,5-8,11-12H2,(H,23,26)/t16-,20+,21+/m1/s1. The molecule has 7 nitrogen and oxygen atoms in total. The molecule has 150 valence electrons. The van der Waals surface area contributed by atoms with Gasteiger partial charge >= 0.3 is 0 Å². The van der Waals surface area contributed by atoms with Gasteiger partial charge in [0.1, 0.15) is 0 Å². The first-order chi connectivity index (χ1) is 14.2. The number of aromatic nitrogens is 1. The van der Waals surface area contributed by atoms with Gasteiger partial charge in [-0.3, -0.25) is 14.5 Å². The summed E-state index contributed by atoms with van der Waals surface area (Å²) in [5.74, 6) is 2.36. The number of carbonyl (C=O) groups excluding carboxylic acids is 1. The minimum atomic E-state index is -0.193. The molecule has 5 aliphatic heterocycles. The molecule has 1 N–H and O–H groups in total. The number of rotatable bonds is 2. The van der Waals surface area contributed by atoms with E-state index in [0.717, 1.165) is 37.4 Å². The van der Waals surface area contributed by atoms with Gasteiger partial charge in [0.05, 0.1) is 11.6 Å². The number of nitrogens with one attached hydrogen (secondary N) is 1. The van der Waals surface area contributed by atoms with Crippen molar-refractivity contribution in [3.05, 3.63) is 58.0 Å². The van der Waals surface area contributed by atoms with Gasteiger partial charge in [0.25, 0.3) is 5.91 Å². The van der Waals surface area contributed by atoms with E-state index in [-0.39, 0.29) is 30.2 Å². The van der Waals surface area contributed by atoms with Gasteiger partial charge in [-0.2, -0.15) is 0 Å². The highest BCUT2D eigenvalue weighted by atomic mass is 16.7. The van der Waals surface area contributed by atoms with Crippen LogP contribution in [0.5, 0.6) is 11.5 Å². The van der Waals surface area contributed by atoms with E-state index in [1.807, 2.05) is 6.07 Å². The Morgan fingerprint density at radius 1 is 1.03 bits per heavy atom. The number of amides is 1. The molecule has 2 bridgehead atoms. The molecular formula is C22H23N3O4. The molecule has 2 aromatic rings. The van der Waals surface area contributed by atoms with Crippen LogP contribution in [0.25, 0.3) is 0 Å². The maximum absolute atomic E-state index is 13.4. The van der Waals surface area contributed by atoms with Crippen molar-refractivity contribution in [1.29, 1.82) is 0 Å². The Bertz CT molecular complexity index is 1010. The van der Waals surface area contributed by atoms with E-state index in [4.69, 9.17) is 9.47 Å². The van der Waals surface area contributed by atoms with Crippen molar-refractivity contribution < 1.29 is 14.3 Å². The number of pyridine rings is 1. The Morgan fingerprint density at radius 3 is 2.66 bits per heavy atom. The van der Waals surface area contributed by atoms with Crippen molar-refractivity contribution in [3.63, 3.8) is 0 Å². The summed E-state index contributed by atoms with van der Waals surface area (Å²) in [6, 6.07) is 9.78. The number of hydrogen-bond acceptors (Lipinski definition) is 5. The van der Waals surface area contributed by atoms with Crippen LogP contribution in [0.4, 0.5) is 0 Å². The van der Waals surface area contributed by atoms with E-state index < -0.39 is 0 Å². The average Bonchev–Trinajstić information content (AvgIpc) is 3.40. The van der Waals surface area contributed by atoms with Crippen molar-refractivity contribution in [2.75, 3.05) is 26.4 Å². The summed E-state index contributed by atoms with van der Waals surface area (Å²) in [7, 11) is 0. The molecule has 7 rings (SSSR count). The summed E-state index contributed by atoms with van der Waals surface area (Å²) in [6.45, 7) is 3.15. The Balaban J connectivity index is 1.38. The number of ether oxygens (including phenoxy) is 2.